The molecule has 0 saturated carbocycles. The number of hydrogen-bond acceptors (Lipinski definition) is 8. The number of hydrogen-bond donors (Lipinski definition) is 4. The number of methoxy groups -OCH3 is 1. The molecule has 0 radical (unpaired) electrons. The molecule has 0 aromatic carbocycles. The summed E-state index contributed by atoms with van der Waals surface area (Å²) in [4.78, 5) is 12.0. The molecule has 8 heteroatoms. The van der Waals surface area contributed by atoms with Gasteiger partial charge in [-0.3, -0.25) is 5.43 Å². The summed E-state index contributed by atoms with van der Waals surface area (Å²) in [5, 5.41) is 11.9. The lowest BCUT2D eigenvalue weighted by atomic mass is 10.1. The van der Waals surface area contributed by atoms with Gasteiger partial charge in [0.05, 0.1) is 7.11 Å². The van der Waals surface area contributed by atoms with Gasteiger partial charge in [-0.2, -0.15) is 15.0 Å². The summed E-state index contributed by atoms with van der Waals surface area (Å²) in [6.45, 7) is 2.92. The summed E-state index contributed by atoms with van der Waals surface area (Å²) in [5.74, 6) is 6.20. The highest BCUT2D eigenvalue weighted by Gasteiger charge is 2.05. The van der Waals surface area contributed by atoms with E-state index in [0.29, 0.717) is 18.4 Å². The number of nitrogens with two attached hydrogens (primary N) is 1. The predicted octanol–water partition coefficient (Wildman–Crippen LogP) is -0.0137. The lowest BCUT2D eigenvalue weighted by Crippen LogP contribution is -2.14. The Morgan fingerprint density at radius 3 is 2.67 bits per heavy atom. The molecule has 102 valence electrons. The fraction of sp³-hybridized carbons (Fsp3) is 0.700. The van der Waals surface area contributed by atoms with Crippen LogP contribution in [-0.2, 0) is 0 Å². The molecular weight excluding hydrogens is 236 g/mol. The zero-order chi connectivity index (χ0) is 13.4. The van der Waals surface area contributed by atoms with Gasteiger partial charge in [0, 0.05) is 13.2 Å². The van der Waals surface area contributed by atoms with Gasteiger partial charge in [-0.25, -0.2) is 5.84 Å². The Balaban J connectivity index is 2.46. The lowest BCUT2D eigenvalue weighted by molar-refractivity contribution is 0.229. The molecule has 0 aliphatic carbocycles. The van der Waals surface area contributed by atoms with Crippen molar-refractivity contribution in [3.63, 3.8) is 0 Å². The Morgan fingerprint density at radius 1 is 1.33 bits per heavy atom. The van der Waals surface area contributed by atoms with Gasteiger partial charge in [0.2, 0.25) is 11.9 Å². The minimum absolute atomic E-state index is 0.198. The van der Waals surface area contributed by atoms with Gasteiger partial charge in [0.1, 0.15) is 0 Å². The van der Waals surface area contributed by atoms with Gasteiger partial charge in [0.15, 0.2) is 0 Å². The molecule has 1 aromatic heterocycles. The lowest BCUT2D eigenvalue weighted by Gasteiger charge is -2.09. The SMILES string of the molecule is COc1nc(NN)nc(NCCCC(C)CO)n1. The van der Waals surface area contributed by atoms with Gasteiger partial charge in [-0.1, -0.05) is 6.92 Å². The third-order valence-corrected chi connectivity index (χ3v) is 2.40. The second-order valence-corrected chi connectivity index (χ2v) is 3.97. The van der Waals surface area contributed by atoms with Crippen molar-refractivity contribution in [1.29, 1.82) is 0 Å². The monoisotopic (exact) mass is 256 g/mol. The number of nitrogens with one attached hydrogen (secondary N) is 2. The minimum Gasteiger partial charge on any atom is -0.467 e. The van der Waals surface area contributed by atoms with Crippen molar-refractivity contribution >= 4 is 11.9 Å². The van der Waals surface area contributed by atoms with E-state index < -0.39 is 0 Å². The summed E-state index contributed by atoms with van der Waals surface area (Å²) >= 11 is 0. The van der Waals surface area contributed by atoms with Crippen LogP contribution in [0.25, 0.3) is 0 Å². The van der Waals surface area contributed by atoms with Crippen molar-refractivity contribution in [2.75, 3.05) is 31.0 Å². The van der Waals surface area contributed by atoms with E-state index in [1.54, 1.807) is 0 Å². The number of anilines is 2. The number of nitrogens with zero attached hydrogens (tertiary/aromatic N) is 3. The molecule has 1 atom stereocenters. The second kappa shape index (κ2) is 7.62. The highest BCUT2D eigenvalue weighted by molar-refractivity contribution is 5.34. The first-order valence-corrected chi connectivity index (χ1v) is 5.81. The molecule has 8 nitrogen and oxygen atoms in total. The Bertz CT molecular complexity index is 340. The number of rotatable bonds is 8. The van der Waals surface area contributed by atoms with Crippen LogP contribution in [0, 0.1) is 5.92 Å². The standard InChI is InChI=1S/C10H20N6O2/c1-7(6-17)4-3-5-12-8-13-9(16-11)15-10(14-8)18-2/h7,17H,3-6,11H2,1-2H3,(H2,12,13,14,15,16). The third kappa shape index (κ3) is 4.68. The minimum atomic E-state index is 0.198. The van der Waals surface area contributed by atoms with Crippen LogP contribution in [0.2, 0.25) is 0 Å². The molecule has 0 saturated heterocycles. The highest BCUT2D eigenvalue weighted by Crippen LogP contribution is 2.10. The first-order valence-electron chi connectivity index (χ1n) is 5.81. The molecule has 1 rings (SSSR count). The van der Waals surface area contributed by atoms with E-state index in [0.717, 1.165) is 12.8 Å². The maximum atomic E-state index is 8.90. The van der Waals surface area contributed by atoms with Gasteiger partial charge in [-0.15, -0.1) is 0 Å². The average Bonchev–Trinajstić information content (AvgIpc) is 2.42. The van der Waals surface area contributed by atoms with E-state index in [1.165, 1.54) is 7.11 Å². The normalized spacial score (nSPS) is 12.0. The number of nitrogen functional groups attached to an aromatic ring is 1. The predicted molar refractivity (Wildman–Crippen MR) is 68.2 cm³/mol. The molecule has 0 aliphatic rings. The maximum Gasteiger partial charge on any atom is 0.322 e. The van der Waals surface area contributed by atoms with Crippen LogP contribution in [0.4, 0.5) is 11.9 Å². The van der Waals surface area contributed by atoms with Crippen LogP contribution in [0.1, 0.15) is 19.8 Å². The quantitative estimate of drug-likeness (QED) is 0.291. The second-order valence-electron chi connectivity index (χ2n) is 3.97. The number of aliphatic hydroxyl groups excluding tert-OH is 1. The Labute approximate surface area is 106 Å². The number of hydrazine groups is 1. The fourth-order valence-electron chi connectivity index (χ4n) is 1.33. The van der Waals surface area contributed by atoms with E-state index >= 15 is 0 Å². The topological polar surface area (TPSA) is 118 Å². The zero-order valence-corrected chi connectivity index (χ0v) is 10.7. The molecule has 1 unspecified atom stereocenters. The van der Waals surface area contributed by atoms with E-state index in [4.69, 9.17) is 15.7 Å². The Morgan fingerprint density at radius 2 is 2.06 bits per heavy atom. The van der Waals surface area contributed by atoms with Crippen LogP contribution in [0.5, 0.6) is 6.01 Å². The van der Waals surface area contributed by atoms with Crippen LogP contribution in [-0.4, -0.2) is 40.3 Å². The molecule has 1 aromatic rings. The van der Waals surface area contributed by atoms with Crippen molar-refractivity contribution < 1.29 is 9.84 Å². The molecule has 0 amide bonds. The highest BCUT2D eigenvalue weighted by atomic mass is 16.5. The van der Waals surface area contributed by atoms with Crippen LogP contribution in [0.15, 0.2) is 0 Å². The molecule has 0 spiro atoms. The van der Waals surface area contributed by atoms with Crippen molar-refractivity contribution in [2.24, 2.45) is 11.8 Å². The van der Waals surface area contributed by atoms with Gasteiger partial charge < -0.3 is 15.2 Å². The van der Waals surface area contributed by atoms with Crippen LogP contribution < -0.4 is 21.3 Å². The van der Waals surface area contributed by atoms with Crippen LogP contribution in [0.3, 0.4) is 0 Å². The zero-order valence-electron chi connectivity index (χ0n) is 10.7. The summed E-state index contributed by atoms with van der Waals surface area (Å²) < 4.78 is 4.93. The molecule has 18 heavy (non-hydrogen) atoms. The molecule has 5 N–H and O–H groups in total. The third-order valence-electron chi connectivity index (χ3n) is 2.40. The molecule has 0 aliphatic heterocycles. The first-order chi connectivity index (χ1) is 8.69. The molecule has 0 bridgehead atoms. The largest absolute Gasteiger partial charge is 0.467 e. The van der Waals surface area contributed by atoms with Crippen molar-refractivity contribution in [3.8, 4) is 6.01 Å². The van der Waals surface area contributed by atoms with Crippen molar-refractivity contribution in [2.45, 2.75) is 19.8 Å². The molecule has 1 heterocycles. The Hall–Kier alpha value is -1.67. The average molecular weight is 256 g/mol. The van der Waals surface area contributed by atoms with E-state index in [-0.39, 0.29) is 18.6 Å². The van der Waals surface area contributed by atoms with Gasteiger partial charge in [0.25, 0.3) is 0 Å². The fourth-order valence-corrected chi connectivity index (χ4v) is 1.33. The van der Waals surface area contributed by atoms with Crippen molar-refractivity contribution in [3.05, 3.63) is 0 Å². The summed E-state index contributed by atoms with van der Waals surface area (Å²) in [5.41, 5.74) is 2.34. The van der Waals surface area contributed by atoms with Crippen molar-refractivity contribution in [1.82, 2.24) is 15.0 Å². The number of aromatic nitrogens is 3. The van der Waals surface area contributed by atoms with E-state index in [9.17, 15) is 0 Å². The smallest absolute Gasteiger partial charge is 0.322 e. The Kier molecular flexibility index (Phi) is 6.09. The molecular formula is C10H20N6O2. The van der Waals surface area contributed by atoms with E-state index in [1.807, 2.05) is 6.92 Å². The number of aliphatic hydroxyl groups is 1. The van der Waals surface area contributed by atoms with Crippen LogP contribution >= 0.6 is 0 Å². The summed E-state index contributed by atoms with van der Waals surface area (Å²) in [6, 6.07) is 0.198. The van der Waals surface area contributed by atoms with Gasteiger partial charge >= 0.3 is 6.01 Å². The number of ether oxygens (including phenoxy) is 1. The van der Waals surface area contributed by atoms with E-state index in [2.05, 4.69) is 25.7 Å². The maximum absolute atomic E-state index is 8.90. The first kappa shape index (κ1) is 14.4. The molecule has 0 fully saturated rings. The van der Waals surface area contributed by atoms with Gasteiger partial charge in [-0.05, 0) is 18.8 Å². The summed E-state index contributed by atoms with van der Waals surface area (Å²) in [7, 11) is 1.47. The summed E-state index contributed by atoms with van der Waals surface area (Å²) in [6.07, 6.45) is 1.86.